The largest absolute Gasteiger partial charge is 0.360 e. The van der Waals surface area contributed by atoms with Gasteiger partial charge in [0.05, 0.1) is 6.07 Å². The van der Waals surface area contributed by atoms with E-state index in [-0.39, 0.29) is 22.3 Å². The molecule has 0 aliphatic rings. The third-order valence-corrected chi connectivity index (χ3v) is 4.01. The van der Waals surface area contributed by atoms with E-state index in [9.17, 15) is 8.42 Å². The maximum Gasteiger partial charge on any atom is 0.247 e. The molecule has 17 heavy (non-hydrogen) atoms. The molecule has 1 aromatic rings. The first-order valence-electron chi connectivity index (χ1n) is 5.14. The third-order valence-electron chi connectivity index (χ3n) is 2.32. The standard InChI is InChI=1S/C10H15N3O3S/c1-6(2)9(5-11)13-17(14,15)10-7(3)12-16-8(10)4/h6,9,13H,1-4H3. The first-order valence-corrected chi connectivity index (χ1v) is 6.62. The molecule has 0 aromatic carbocycles. The van der Waals surface area contributed by atoms with Crippen LogP contribution in [-0.4, -0.2) is 19.6 Å². The van der Waals surface area contributed by atoms with Gasteiger partial charge < -0.3 is 4.52 Å². The van der Waals surface area contributed by atoms with Crippen LogP contribution in [0.2, 0.25) is 0 Å². The van der Waals surface area contributed by atoms with Crippen LogP contribution in [0, 0.1) is 31.1 Å². The predicted octanol–water partition coefficient (Wildman–Crippen LogP) is 1.12. The normalized spacial score (nSPS) is 13.6. The van der Waals surface area contributed by atoms with E-state index in [4.69, 9.17) is 9.78 Å². The van der Waals surface area contributed by atoms with Gasteiger partial charge in [0, 0.05) is 0 Å². The lowest BCUT2D eigenvalue weighted by molar-refractivity contribution is 0.390. The highest BCUT2D eigenvalue weighted by Crippen LogP contribution is 2.19. The molecule has 1 atom stereocenters. The summed E-state index contributed by atoms with van der Waals surface area (Å²) >= 11 is 0. The van der Waals surface area contributed by atoms with Crippen LogP contribution < -0.4 is 4.72 Å². The van der Waals surface area contributed by atoms with Crippen molar-refractivity contribution in [1.82, 2.24) is 9.88 Å². The Hall–Kier alpha value is -1.39. The summed E-state index contributed by atoms with van der Waals surface area (Å²) in [5.74, 6) is 0.102. The Bertz CT molecular complexity index is 520. The quantitative estimate of drug-likeness (QED) is 0.871. The second-order valence-electron chi connectivity index (χ2n) is 4.13. The van der Waals surface area contributed by atoms with E-state index >= 15 is 0 Å². The van der Waals surface area contributed by atoms with E-state index in [0.717, 1.165) is 0 Å². The zero-order chi connectivity index (χ0) is 13.2. The smallest absolute Gasteiger partial charge is 0.247 e. The van der Waals surface area contributed by atoms with Gasteiger partial charge >= 0.3 is 0 Å². The fourth-order valence-corrected chi connectivity index (χ4v) is 3.01. The Morgan fingerprint density at radius 3 is 2.35 bits per heavy atom. The van der Waals surface area contributed by atoms with Gasteiger partial charge in [-0.3, -0.25) is 0 Å². The SMILES string of the molecule is Cc1noc(C)c1S(=O)(=O)NC(C#N)C(C)C. The van der Waals surface area contributed by atoms with Gasteiger partial charge in [-0.25, -0.2) is 8.42 Å². The van der Waals surface area contributed by atoms with Crippen LogP contribution in [0.1, 0.15) is 25.3 Å². The minimum absolute atomic E-state index is 0.0124. The van der Waals surface area contributed by atoms with Crippen molar-refractivity contribution in [1.29, 1.82) is 5.26 Å². The maximum absolute atomic E-state index is 12.0. The van der Waals surface area contributed by atoms with E-state index in [1.54, 1.807) is 20.8 Å². The molecule has 94 valence electrons. The molecule has 6 nitrogen and oxygen atoms in total. The monoisotopic (exact) mass is 257 g/mol. The molecule has 0 aliphatic heterocycles. The molecule has 1 heterocycles. The van der Waals surface area contributed by atoms with Gasteiger partial charge in [-0.1, -0.05) is 19.0 Å². The fraction of sp³-hybridized carbons (Fsp3) is 0.600. The molecule has 0 radical (unpaired) electrons. The number of aromatic nitrogens is 1. The predicted molar refractivity (Wildman–Crippen MR) is 60.5 cm³/mol. The number of nitrogens with one attached hydrogen (secondary N) is 1. The Balaban J connectivity index is 3.10. The zero-order valence-electron chi connectivity index (χ0n) is 10.2. The lowest BCUT2D eigenvalue weighted by Crippen LogP contribution is -2.37. The summed E-state index contributed by atoms with van der Waals surface area (Å²) in [5.41, 5.74) is 0.287. The van der Waals surface area contributed by atoms with Gasteiger partial charge in [0.15, 0.2) is 5.76 Å². The average Bonchev–Trinajstić information content (AvgIpc) is 2.55. The molecule has 7 heteroatoms. The molecule has 0 amide bonds. The molecule has 0 saturated carbocycles. The number of hydrogen-bond donors (Lipinski definition) is 1. The number of hydrogen-bond acceptors (Lipinski definition) is 5. The van der Waals surface area contributed by atoms with Crippen LogP contribution in [0.3, 0.4) is 0 Å². The van der Waals surface area contributed by atoms with Crippen molar-refractivity contribution in [2.75, 3.05) is 0 Å². The van der Waals surface area contributed by atoms with Crippen molar-refractivity contribution >= 4 is 10.0 Å². The van der Waals surface area contributed by atoms with Gasteiger partial charge in [0.1, 0.15) is 16.6 Å². The summed E-state index contributed by atoms with van der Waals surface area (Å²) in [6.45, 7) is 6.60. The Morgan fingerprint density at radius 2 is 2.00 bits per heavy atom. The number of nitriles is 1. The highest BCUT2D eigenvalue weighted by atomic mass is 32.2. The molecular weight excluding hydrogens is 242 g/mol. The summed E-state index contributed by atoms with van der Waals surface area (Å²) < 4.78 is 31.2. The van der Waals surface area contributed by atoms with Crippen molar-refractivity contribution in [3.8, 4) is 6.07 Å². The van der Waals surface area contributed by atoms with E-state index in [1.807, 2.05) is 6.07 Å². The summed E-state index contributed by atoms with van der Waals surface area (Å²) in [6.07, 6.45) is 0. The van der Waals surface area contributed by atoms with Gasteiger partial charge in [0.2, 0.25) is 10.0 Å². The van der Waals surface area contributed by atoms with E-state index in [2.05, 4.69) is 9.88 Å². The second kappa shape index (κ2) is 4.85. The lowest BCUT2D eigenvalue weighted by Gasteiger charge is -2.14. The Labute approximate surface area is 101 Å². The Morgan fingerprint density at radius 1 is 1.41 bits per heavy atom. The first kappa shape index (κ1) is 13.7. The van der Waals surface area contributed by atoms with Crippen LogP contribution in [0.4, 0.5) is 0 Å². The van der Waals surface area contributed by atoms with Crippen molar-refractivity contribution in [2.24, 2.45) is 5.92 Å². The van der Waals surface area contributed by atoms with Crippen LogP contribution in [0.5, 0.6) is 0 Å². The number of sulfonamides is 1. The van der Waals surface area contributed by atoms with Crippen molar-refractivity contribution < 1.29 is 12.9 Å². The summed E-state index contributed by atoms with van der Waals surface area (Å²) in [4.78, 5) is 0.0124. The topological polar surface area (TPSA) is 96.0 Å². The summed E-state index contributed by atoms with van der Waals surface area (Å²) in [5, 5.41) is 12.5. The van der Waals surface area contributed by atoms with Crippen LogP contribution in [-0.2, 0) is 10.0 Å². The Kier molecular flexibility index (Phi) is 3.91. The molecular formula is C10H15N3O3S. The molecule has 1 rings (SSSR count). The molecule has 1 aromatic heterocycles. The van der Waals surface area contributed by atoms with Crippen molar-refractivity contribution in [2.45, 2.75) is 38.6 Å². The van der Waals surface area contributed by atoms with Crippen molar-refractivity contribution in [3.05, 3.63) is 11.5 Å². The van der Waals surface area contributed by atoms with Crippen LogP contribution >= 0.6 is 0 Å². The summed E-state index contributed by atoms with van der Waals surface area (Å²) in [7, 11) is -3.76. The molecule has 1 N–H and O–H groups in total. The zero-order valence-corrected chi connectivity index (χ0v) is 11.0. The van der Waals surface area contributed by atoms with E-state index in [0.29, 0.717) is 0 Å². The van der Waals surface area contributed by atoms with E-state index in [1.165, 1.54) is 6.92 Å². The van der Waals surface area contributed by atoms with Gasteiger partial charge in [-0.2, -0.15) is 9.98 Å². The van der Waals surface area contributed by atoms with Gasteiger partial charge in [-0.15, -0.1) is 0 Å². The highest BCUT2D eigenvalue weighted by molar-refractivity contribution is 7.89. The van der Waals surface area contributed by atoms with Crippen LogP contribution in [0.15, 0.2) is 9.42 Å². The second-order valence-corrected chi connectivity index (χ2v) is 5.78. The fourth-order valence-electron chi connectivity index (χ4n) is 1.40. The lowest BCUT2D eigenvalue weighted by atomic mass is 10.1. The molecule has 0 fully saturated rings. The minimum Gasteiger partial charge on any atom is -0.360 e. The highest BCUT2D eigenvalue weighted by Gasteiger charge is 2.28. The van der Waals surface area contributed by atoms with Crippen molar-refractivity contribution in [3.63, 3.8) is 0 Å². The average molecular weight is 257 g/mol. The molecule has 0 bridgehead atoms. The number of aryl methyl sites for hydroxylation is 2. The van der Waals surface area contributed by atoms with Crippen LogP contribution in [0.25, 0.3) is 0 Å². The molecule has 0 spiro atoms. The molecule has 1 unspecified atom stereocenters. The number of rotatable bonds is 4. The molecule has 0 saturated heterocycles. The minimum atomic E-state index is -3.76. The third kappa shape index (κ3) is 2.84. The van der Waals surface area contributed by atoms with E-state index < -0.39 is 16.1 Å². The molecule has 0 aliphatic carbocycles. The van der Waals surface area contributed by atoms with Gasteiger partial charge in [0.25, 0.3) is 0 Å². The maximum atomic E-state index is 12.0. The summed E-state index contributed by atoms with van der Waals surface area (Å²) in [6, 6.07) is 1.15. The number of nitrogens with zero attached hydrogens (tertiary/aromatic N) is 2. The van der Waals surface area contributed by atoms with Gasteiger partial charge in [-0.05, 0) is 19.8 Å². The first-order chi connectivity index (χ1) is 7.79.